The van der Waals surface area contributed by atoms with Crippen LogP contribution in [0.2, 0.25) is 0 Å². The van der Waals surface area contributed by atoms with Crippen molar-refractivity contribution in [3.63, 3.8) is 0 Å². The van der Waals surface area contributed by atoms with Crippen molar-refractivity contribution in [3.8, 4) is 0 Å². The van der Waals surface area contributed by atoms with Crippen molar-refractivity contribution < 1.29 is 4.52 Å². The Kier molecular flexibility index (Phi) is 4.93. The largest absolute Gasteiger partial charge is 0.340 e. The van der Waals surface area contributed by atoms with Gasteiger partial charge >= 0.3 is 0 Å². The van der Waals surface area contributed by atoms with E-state index in [1.165, 1.54) is 6.33 Å². The van der Waals surface area contributed by atoms with Crippen LogP contribution in [-0.2, 0) is 6.42 Å². The molecule has 1 atom stereocenters. The smallest absolute Gasteiger partial charge is 0.227 e. The van der Waals surface area contributed by atoms with Crippen LogP contribution in [0.15, 0.2) is 23.5 Å². The van der Waals surface area contributed by atoms with E-state index in [2.05, 4.69) is 29.0 Å². The first-order chi connectivity index (χ1) is 6.83. The zero-order valence-electron chi connectivity index (χ0n) is 8.57. The van der Waals surface area contributed by atoms with Gasteiger partial charge in [0.1, 0.15) is 0 Å². The first-order valence-electron chi connectivity index (χ1n) is 4.92. The maximum atomic E-state index is 4.88. The van der Waals surface area contributed by atoms with Gasteiger partial charge in [-0.3, -0.25) is 0 Å². The van der Waals surface area contributed by atoms with Crippen molar-refractivity contribution in [3.05, 3.63) is 24.9 Å². The van der Waals surface area contributed by atoms with E-state index < -0.39 is 0 Å². The highest BCUT2D eigenvalue weighted by molar-refractivity contribution is 4.77. The number of nitrogens with one attached hydrogen (secondary N) is 1. The van der Waals surface area contributed by atoms with Crippen molar-refractivity contribution in [2.24, 2.45) is 0 Å². The zero-order chi connectivity index (χ0) is 10.2. The lowest BCUT2D eigenvalue weighted by Crippen LogP contribution is -2.27. The molecule has 1 N–H and O–H groups in total. The molecule has 1 aromatic rings. The molecule has 0 aromatic carbocycles. The van der Waals surface area contributed by atoms with E-state index in [1.807, 2.05) is 6.08 Å². The summed E-state index contributed by atoms with van der Waals surface area (Å²) in [6, 6.07) is 0.510. The lowest BCUT2D eigenvalue weighted by atomic mass is 10.2. The van der Waals surface area contributed by atoms with Crippen LogP contribution >= 0.6 is 0 Å². The molecule has 1 heterocycles. The van der Waals surface area contributed by atoms with E-state index in [0.29, 0.717) is 11.9 Å². The second-order valence-corrected chi connectivity index (χ2v) is 3.31. The predicted octanol–water partition coefficient (Wildman–Crippen LogP) is 1.56. The van der Waals surface area contributed by atoms with Crippen molar-refractivity contribution in [1.82, 2.24) is 15.5 Å². The lowest BCUT2D eigenvalue weighted by Gasteiger charge is -2.10. The number of hydrogen-bond donors (Lipinski definition) is 1. The molecule has 0 saturated heterocycles. The molecule has 0 fully saturated rings. The van der Waals surface area contributed by atoms with Crippen LogP contribution in [0, 0.1) is 0 Å². The van der Waals surface area contributed by atoms with Gasteiger partial charge in [0.15, 0.2) is 6.33 Å². The van der Waals surface area contributed by atoms with Gasteiger partial charge in [-0.25, -0.2) is 0 Å². The first-order valence-corrected chi connectivity index (χ1v) is 4.92. The molecular weight excluding hydrogens is 178 g/mol. The zero-order valence-corrected chi connectivity index (χ0v) is 8.57. The van der Waals surface area contributed by atoms with E-state index in [0.717, 1.165) is 25.8 Å². The van der Waals surface area contributed by atoms with Crippen LogP contribution in [0.4, 0.5) is 0 Å². The Morgan fingerprint density at radius 1 is 1.71 bits per heavy atom. The van der Waals surface area contributed by atoms with E-state index >= 15 is 0 Å². The number of allylic oxidation sites excluding steroid dienone is 1. The minimum Gasteiger partial charge on any atom is -0.340 e. The highest BCUT2D eigenvalue weighted by atomic mass is 16.5. The summed E-state index contributed by atoms with van der Waals surface area (Å²) < 4.78 is 4.88. The van der Waals surface area contributed by atoms with Crippen molar-refractivity contribution >= 4 is 0 Å². The number of aromatic nitrogens is 2. The molecule has 4 heteroatoms. The van der Waals surface area contributed by atoms with Crippen molar-refractivity contribution in [2.45, 2.75) is 32.2 Å². The minimum absolute atomic E-state index is 0.510. The van der Waals surface area contributed by atoms with E-state index in [-0.39, 0.29) is 0 Å². The van der Waals surface area contributed by atoms with E-state index in [4.69, 9.17) is 4.52 Å². The number of hydrogen-bond acceptors (Lipinski definition) is 4. The fraction of sp³-hybridized carbons (Fsp3) is 0.600. The average Bonchev–Trinajstić information content (AvgIpc) is 2.67. The fourth-order valence-corrected chi connectivity index (χ4v) is 1.20. The van der Waals surface area contributed by atoms with Gasteiger partial charge in [-0.1, -0.05) is 11.2 Å². The normalized spacial score (nSPS) is 12.6. The molecule has 0 radical (unpaired) electrons. The Morgan fingerprint density at radius 2 is 2.57 bits per heavy atom. The Labute approximate surface area is 84.4 Å². The second-order valence-electron chi connectivity index (χ2n) is 3.31. The molecule has 1 rings (SSSR count). The fourth-order valence-electron chi connectivity index (χ4n) is 1.20. The molecule has 78 valence electrons. The molecule has 0 bridgehead atoms. The summed E-state index contributed by atoms with van der Waals surface area (Å²) >= 11 is 0. The summed E-state index contributed by atoms with van der Waals surface area (Å²) in [6.45, 7) is 6.73. The summed E-state index contributed by atoms with van der Waals surface area (Å²) in [7, 11) is 0. The molecule has 0 aliphatic carbocycles. The van der Waals surface area contributed by atoms with Gasteiger partial charge in [-0.05, 0) is 19.8 Å². The van der Waals surface area contributed by atoms with Gasteiger partial charge in [-0.15, -0.1) is 6.58 Å². The maximum absolute atomic E-state index is 4.88. The second kappa shape index (κ2) is 6.32. The van der Waals surface area contributed by atoms with E-state index in [9.17, 15) is 0 Å². The summed E-state index contributed by atoms with van der Waals surface area (Å²) in [4.78, 5) is 3.94. The summed E-state index contributed by atoms with van der Waals surface area (Å²) in [5.41, 5.74) is 0. The Morgan fingerprint density at radius 3 is 3.21 bits per heavy atom. The molecule has 0 spiro atoms. The lowest BCUT2D eigenvalue weighted by molar-refractivity contribution is 0.371. The molecule has 1 aromatic heterocycles. The van der Waals surface area contributed by atoms with Crippen LogP contribution in [0.5, 0.6) is 0 Å². The van der Waals surface area contributed by atoms with Gasteiger partial charge in [0.05, 0.1) is 0 Å². The average molecular weight is 195 g/mol. The van der Waals surface area contributed by atoms with Crippen LogP contribution < -0.4 is 5.32 Å². The maximum Gasteiger partial charge on any atom is 0.227 e. The monoisotopic (exact) mass is 195 g/mol. The van der Waals surface area contributed by atoms with Gasteiger partial charge in [0, 0.05) is 19.0 Å². The third-order valence-corrected chi connectivity index (χ3v) is 2.04. The Balaban J connectivity index is 2.06. The van der Waals surface area contributed by atoms with Gasteiger partial charge in [-0.2, -0.15) is 4.98 Å². The first kappa shape index (κ1) is 10.9. The molecule has 0 amide bonds. The van der Waals surface area contributed by atoms with Crippen molar-refractivity contribution in [1.29, 1.82) is 0 Å². The van der Waals surface area contributed by atoms with Gasteiger partial charge in [0.25, 0.3) is 0 Å². The highest BCUT2D eigenvalue weighted by Crippen LogP contribution is 1.97. The molecule has 4 nitrogen and oxygen atoms in total. The number of nitrogens with zero attached hydrogens (tertiary/aromatic N) is 2. The highest BCUT2D eigenvalue weighted by Gasteiger charge is 2.01. The Hall–Kier alpha value is -1.16. The van der Waals surface area contributed by atoms with Crippen molar-refractivity contribution in [2.75, 3.05) is 6.54 Å². The topological polar surface area (TPSA) is 51.0 Å². The molecule has 14 heavy (non-hydrogen) atoms. The quantitative estimate of drug-likeness (QED) is 0.671. The van der Waals surface area contributed by atoms with E-state index in [1.54, 1.807) is 0 Å². The van der Waals surface area contributed by atoms with Crippen LogP contribution in [0.1, 0.15) is 25.7 Å². The Bertz CT molecular complexity index is 246. The van der Waals surface area contributed by atoms with Gasteiger partial charge < -0.3 is 9.84 Å². The summed E-state index contributed by atoms with van der Waals surface area (Å²) in [6.07, 6.45) is 6.33. The van der Waals surface area contributed by atoms with Gasteiger partial charge in [0.2, 0.25) is 5.89 Å². The van der Waals surface area contributed by atoms with Crippen LogP contribution in [0.25, 0.3) is 0 Å². The van der Waals surface area contributed by atoms with Crippen LogP contribution in [0.3, 0.4) is 0 Å². The SMILES string of the molecule is C=CCCC(C)NCCc1ncno1. The minimum atomic E-state index is 0.510. The number of rotatable bonds is 7. The third-order valence-electron chi connectivity index (χ3n) is 2.04. The standard InChI is InChI=1S/C10H17N3O/c1-3-4-5-9(2)11-7-6-10-12-8-13-14-10/h3,8-9,11H,1,4-7H2,2H3. The molecule has 0 aliphatic rings. The predicted molar refractivity (Wildman–Crippen MR) is 54.9 cm³/mol. The molecule has 0 saturated carbocycles. The molecule has 0 aliphatic heterocycles. The molecular formula is C10H17N3O. The molecule has 1 unspecified atom stereocenters. The summed E-state index contributed by atoms with van der Waals surface area (Å²) in [5.74, 6) is 0.688. The third kappa shape index (κ3) is 4.18. The summed E-state index contributed by atoms with van der Waals surface area (Å²) in [5, 5.41) is 6.92. The van der Waals surface area contributed by atoms with Crippen LogP contribution in [-0.4, -0.2) is 22.7 Å².